The molecule has 0 spiro atoms. The van der Waals surface area contributed by atoms with Crippen LogP contribution in [0.4, 0.5) is 0 Å². The fourth-order valence-corrected chi connectivity index (χ4v) is 5.46. The molecule has 0 fully saturated rings. The first-order chi connectivity index (χ1) is 18.7. The van der Waals surface area contributed by atoms with Crippen LogP contribution in [0.3, 0.4) is 0 Å². The molecule has 3 heterocycles. The van der Waals surface area contributed by atoms with E-state index >= 15 is 0 Å². The number of aromatic amines is 1. The van der Waals surface area contributed by atoms with E-state index in [0.717, 1.165) is 48.5 Å². The van der Waals surface area contributed by atoms with Gasteiger partial charge in [0.1, 0.15) is 5.82 Å². The van der Waals surface area contributed by atoms with Crippen molar-refractivity contribution in [2.24, 2.45) is 0 Å². The molecule has 5 aromatic rings. The van der Waals surface area contributed by atoms with E-state index in [1.807, 2.05) is 36.7 Å². The van der Waals surface area contributed by atoms with Crippen LogP contribution in [0.2, 0.25) is 0 Å². The average Bonchev–Trinajstić information content (AvgIpc) is 3.39. The summed E-state index contributed by atoms with van der Waals surface area (Å²) in [7, 11) is 0. The SMILES string of the molecule is CC(c1ccccn1)N(Cc1ccc(CNC2CCCc3cccnc32)cc1)Cc1nc2ccccc2[nH]1. The lowest BCUT2D eigenvalue weighted by atomic mass is 9.92. The lowest BCUT2D eigenvalue weighted by molar-refractivity contribution is 0.184. The molecular weight excluding hydrogens is 468 g/mol. The van der Waals surface area contributed by atoms with Crippen molar-refractivity contribution in [3.63, 3.8) is 0 Å². The molecular formula is C32H34N6. The predicted octanol–water partition coefficient (Wildman–Crippen LogP) is 6.28. The van der Waals surface area contributed by atoms with Crippen LogP contribution in [0.5, 0.6) is 0 Å². The smallest absolute Gasteiger partial charge is 0.121 e. The van der Waals surface area contributed by atoms with E-state index in [1.165, 1.54) is 28.8 Å². The zero-order chi connectivity index (χ0) is 25.7. The largest absolute Gasteiger partial charge is 0.341 e. The number of para-hydroxylation sites is 2. The van der Waals surface area contributed by atoms with Crippen molar-refractivity contribution in [1.29, 1.82) is 0 Å². The minimum atomic E-state index is 0.143. The highest BCUT2D eigenvalue weighted by atomic mass is 15.2. The molecule has 6 rings (SSSR count). The molecule has 0 aliphatic heterocycles. The number of aryl methyl sites for hydroxylation is 1. The Kier molecular flexibility index (Phi) is 7.25. The summed E-state index contributed by atoms with van der Waals surface area (Å²) in [5.41, 5.74) is 8.31. The highest BCUT2D eigenvalue weighted by Crippen LogP contribution is 2.28. The summed E-state index contributed by atoms with van der Waals surface area (Å²) in [5.74, 6) is 0.969. The lowest BCUT2D eigenvalue weighted by Crippen LogP contribution is -2.27. The van der Waals surface area contributed by atoms with Gasteiger partial charge in [-0.3, -0.25) is 14.9 Å². The third-order valence-electron chi connectivity index (χ3n) is 7.61. The quantitative estimate of drug-likeness (QED) is 0.248. The van der Waals surface area contributed by atoms with E-state index < -0.39 is 0 Å². The number of nitrogens with one attached hydrogen (secondary N) is 2. The monoisotopic (exact) mass is 502 g/mol. The molecule has 2 aromatic carbocycles. The highest BCUT2D eigenvalue weighted by Gasteiger charge is 2.21. The Bertz CT molecular complexity index is 1440. The summed E-state index contributed by atoms with van der Waals surface area (Å²) in [6.45, 7) is 4.58. The van der Waals surface area contributed by atoms with Crippen molar-refractivity contribution < 1.29 is 0 Å². The number of hydrogen-bond donors (Lipinski definition) is 2. The van der Waals surface area contributed by atoms with Crippen LogP contribution in [0.25, 0.3) is 11.0 Å². The maximum Gasteiger partial charge on any atom is 0.121 e. The summed E-state index contributed by atoms with van der Waals surface area (Å²) < 4.78 is 0. The van der Waals surface area contributed by atoms with Gasteiger partial charge >= 0.3 is 0 Å². The molecule has 192 valence electrons. The fourth-order valence-electron chi connectivity index (χ4n) is 5.46. The van der Waals surface area contributed by atoms with Crippen LogP contribution in [-0.2, 0) is 26.1 Å². The third-order valence-corrected chi connectivity index (χ3v) is 7.61. The van der Waals surface area contributed by atoms with Crippen LogP contribution >= 0.6 is 0 Å². The van der Waals surface area contributed by atoms with E-state index in [0.29, 0.717) is 12.6 Å². The number of hydrogen-bond acceptors (Lipinski definition) is 5. The van der Waals surface area contributed by atoms with E-state index in [2.05, 4.69) is 86.7 Å². The number of benzene rings is 2. The van der Waals surface area contributed by atoms with Crippen molar-refractivity contribution in [3.8, 4) is 0 Å². The zero-order valence-corrected chi connectivity index (χ0v) is 21.8. The van der Waals surface area contributed by atoms with Crippen LogP contribution in [0.1, 0.15) is 65.8 Å². The Morgan fingerprint density at radius 2 is 1.71 bits per heavy atom. The molecule has 0 saturated carbocycles. The third kappa shape index (κ3) is 5.52. The second-order valence-electron chi connectivity index (χ2n) is 10.2. The van der Waals surface area contributed by atoms with Gasteiger partial charge in [-0.25, -0.2) is 4.98 Å². The maximum atomic E-state index is 4.84. The molecule has 2 unspecified atom stereocenters. The molecule has 1 aliphatic rings. The van der Waals surface area contributed by atoms with Gasteiger partial charge in [-0.15, -0.1) is 0 Å². The summed E-state index contributed by atoms with van der Waals surface area (Å²) in [4.78, 5) is 20.1. The molecule has 2 atom stereocenters. The number of fused-ring (bicyclic) bond motifs is 2. The highest BCUT2D eigenvalue weighted by molar-refractivity contribution is 5.74. The molecule has 0 saturated heterocycles. The topological polar surface area (TPSA) is 69.7 Å². The van der Waals surface area contributed by atoms with Gasteiger partial charge in [0.2, 0.25) is 0 Å². The van der Waals surface area contributed by atoms with Gasteiger partial charge in [0.05, 0.1) is 41.0 Å². The van der Waals surface area contributed by atoms with E-state index in [-0.39, 0.29) is 6.04 Å². The molecule has 0 radical (unpaired) electrons. The average molecular weight is 503 g/mol. The Labute approximate surface area is 224 Å². The van der Waals surface area contributed by atoms with Crippen LogP contribution in [0.15, 0.2) is 91.3 Å². The summed E-state index contributed by atoms with van der Waals surface area (Å²) in [5, 5.41) is 3.75. The first-order valence-corrected chi connectivity index (χ1v) is 13.6. The van der Waals surface area contributed by atoms with E-state index in [4.69, 9.17) is 4.98 Å². The van der Waals surface area contributed by atoms with Gasteiger partial charge in [0.15, 0.2) is 0 Å². The van der Waals surface area contributed by atoms with Crippen LogP contribution < -0.4 is 5.32 Å². The van der Waals surface area contributed by atoms with Gasteiger partial charge in [0, 0.05) is 25.5 Å². The number of nitrogens with zero attached hydrogens (tertiary/aromatic N) is 4. The van der Waals surface area contributed by atoms with Gasteiger partial charge in [0.25, 0.3) is 0 Å². The number of rotatable bonds is 9. The number of H-pyrrole nitrogens is 1. The standard InChI is InChI=1S/C32H34N6/c1-23(27-10-4-5-18-33-27)38(22-31-36-28-11-2-3-12-29(28)37-31)21-25-16-14-24(15-17-25)20-35-30-13-6-8-26-9-7-19-34-32(26)30/h2-5,7,9-12,14-19,23,30,35H,6,8,13,20-22H2,1H3,(H,36,37). The maximum absolute atomic E-state index is 4.84. The molecule has 6 nitrogen and oxygen atoms in total. The van der Waals surface area contributed by atoms with Gasteiger partial charge in [-0.05, 0) is 73.2 Å². The molecule has 0 bridgehead atoms. The minimum absolute atomic E-state index is 0.143. The molecule has 38 heavy (non-hydrogen) atoms. The number of imidazole rings is 1. The van der Waals surface area contributed by atoms with E-state index in [9.17, 15) is 0 Å². The first-order valence-electron chi connectivity index (χ1n) is 13.6. The van der Waals surface area contributed by atoms with E-state index in [1.54, 1.807) is 0 Å². The molecule has 1 aliphatic carbocycles. The van der Waals surface area contributed by atoms with Crippen molar-refractivity contribution in [1.82, 2.24) is 30.2 Å². The predicted molar refractivity (Wildman–Crippen MR) is 151 cm³/mol. The molecule has 6 heteroatoms. The van der Waals surface area contributed by atoms with Crippen LogP contribution in [-0.4, -0.2) is 24.8 Å². The van der Waals surface area contributed by atoms with Crippen molar-refractivity contribution in [2.75, 3.05) is 0 Å². The molecule has 0 amide bonds. The normalized spacial score (nSPS) is 16.0. The summed E-state index contributed by atoms with van der Waals surface area (Å²) in [6.07, 6.45) is 7.27. The Hall–Kier alpha value is -3.87. The van der Waals surface area contributed by atoms with Crippen molar-refractivity contribution in [3.05, 3.63) is 125 Å². The second kappa shape index (κ2) is 11.3. The van der Waals surface area contributed by atoms with Crippen molar-refractivity contribution in [2.45, 2.75) is 57.9 Å². The zero-order valence-electron chi connectivity index (χ0n) is 21.8. The molecule has 3 aromatic heterocycles. The van der Waals surface area contributed by atoms with Crippen LogP contribution in [0, 0.1) is 0 Å². The Balaban J connectivity index is 1.16. The van der Waals surface area contributed by atoms with Gasteiger partial charge in [-0.1, -0.05) is 48.5 Å². The number of aromatic nitrogens is 4. The summed E-state index contributed by atoms with van der Waals surface area (Å²) in [6, 6.07) is 28.1. The lowest BCUT2D eigenvalue weighted by Gasteiger charge is -2.28. The Morgan fingerprint density at radius 1 is 0.895 bits per heavy atom. The minimum Gasteiger partial charge on any atom is -0.341 e. The first kappa shape index (κ1) is 24.5. The van der Waals surface area contributed by atoms with Gasteiger partial charge in [-0.2, -0.15) is 0 Å². The second-order valence-corrected chi connectivity index (χ2v) is 10.2. The van der Waals surface area contributed by atoms with Crippen molar-refractivity contribution >= 4 is 11.0 Å². The fraction of sp³-hybridized carbons (Fsp3) is 0.281. The molecule has 2 N–H and O–H groups in total. The summed E-state index contributed by atoms with van der Waals surface area (Å²) >= 11 is 0. The Morgan fingerprint density at radius 3 is 2.55 bits per heavy atom. The van der Waals surface area contributed by atoms with Gasteiger partial charge < -0.3 is 10.3 Å². The number of pyridine rings is 2.